The molecule has 76 valence electrons. The van der Waals surface area contributed by atoms with Crippen LogP contribution in [0.1, 0.15) is 6.42 Å². The molecule has 0 aromatic rings. The SMILES string of the molecule is COCCN1CCN(C)CCC1=O. The van der Waals surface area contributed by atoms with Gasteiger partial charge in [-0.25, -0.2) is 0 Å². The van der Waals surface area contributed by atoms with Gasteiger partial charge in [-0.2, -0.15) is 0 Å². The Kier molecular flexibility index (Phi) is 4.18. The van der Waals surface area contributed by atoms with Gasteiger partial charge in [0, 0.05) is 39.7 Å². The van der Waals surface area contributed by atoms with E-state index in [-0.39, 0.29) is 5.91 Å². The van der Waals surface area contributed by atoms with Gasteiger partial charge < -0.3 is 14.5 Å². The zero-order valence-electron chi connectivity index (χ0n) is 8.45. The van der Waals surface area contributed by atoms with Crippen molar-refractivity contribution in [2.45, 2.75) is 6.42 Å². The lowest BCUT2D eigenvalue weighted by molar-refractivity contribution is -0.130. The molecule has 0 saturated carbocycles. The van der Waals surface area contributed by atoms with Crippen LogP contribution in [0.3, 0.4) is 0 Å². The second kappa shape index (κ2) is 5.19. The molecular weight excluding hydrogens is 168 g/mol. The van der Waals surface area contributed by atoms with E-state index in [4.69, 9.17) is 4.74 Å². The van der Waals surface area contributed by atoms with Crippen LogP contribution >= 0.6 is 0 Å². The Balaban J connectivity index is 2.38. The summed E-state index contributed by atoms with van der Waals surface area (Å²) in [7, 11) is 3.71. The molecular formula is C9H18N2O2. The number of ether oxygens (including phenoxy) is 1. The van der Waals surface area contributed by atoms with Gasteiger partial charge in [-0.3, -0.25) is 4.79 Å². The number of rotatable bonds is 3. The Morgan fingerprint density at radius 1 is 1.38 bits per heavy atom. The predicted molar refractivity (Wildman–Crippen MR) is 50.6 cm³/mol. The van der Waals surface area contributed by atoms with E-state index >= 15 is 0 Å². The number of carbonyl (C=O) groups excluding carboxylic acids is 1. The third-order valence-electron chi connectivity index (χ3n) is 2.38. The molecule has 0 atom stereocenters. The maximum Gasteiger partial charge on any atom is 0.223 e. The summed E-state index contributed by atoms with van der Waals surface area (Å²) in [6.07, 6.45) is 0.639. The molecule has 1 aliphatic rings. The number of nitrogens with zero attached hydrogens (tertiary/aromatic N) is 2. The van der Waals surface area contributed by atoms with E-state index in [1.54, 1.807) is 7.11 Å². The smallest absolute Gasteiger partial charge is 0.223 e. The molecule has 1 fully saturated rings. The summed E-state index contributed by atoms with van der Waals surface area (Å²) in [5.41, 5.74) is 0. The Morgan fingerprint density at radius 2 is 2.15 bits per heavy atom. The molecule has 1 rings (SSSR count). The minimum atomic E-state index is 0.251. The van der Waals surface area contributed by atoms with Crippen LogP contribution in [0.5, 0.6) is 0 Å². The molecule has 0 aromatic carbocycles. The van der Waals surface area contributed by atoms with Crippen molar-refractivity contribution in [3.8, 4) is 0 Å². The zero-order chi connectivity index (χ0) is 9.68. The van der Waals surface area contributed by atoms with Crippen molar-refractivity contribution < 1.29 is 9.53 Å². The zero-order valence-corrected chi connectivity index (χ0v) is 8.45. The van der Waals surface area contributed by atoms with Gasteiger partial charge in [0.2, 0.25) is 5.91 Å². The first-order chi connectivity index (χ1) is 6.24. The van der Waals surface area contributed by atoms with E-state index in [1.165, 1.54) is 0 Å². The molecule has 0 spiro atoms. The molecule has 0 N–H and O–H groups in total. The molecule has 4 nitrogen and oxygen atoms in total. The van der Waals surface area contributed by atoms with Crippen molar-refractivity contribution >= 4 is 5.91 Å². The van der Waals surface area contributed by atoms with Gasteiger partial charge in [-0.05, 0) is 7.05 Å². The fourth-order valence-electron chi connectivity index (χ4n) is 1.41. The van der Waals surface area contributed by atoms with Gasteiger partial charge in [0.15, 0.2) is 0 Å². The van der Waals surface area contributed by atoms with Crippen molar-refractivity contribution in [3.63, 3.8) is 0 Å². The third kappa shape index (κ3) is 3.32. The van der Waals surface area contributed by atoms with E-state index in [9.17, 15) is 4.79 Å². The molecule has 0 aliphatic carbocycles. The first-order valence-corrected chi connectivity index (χ1v) is 4.69. The van der Waals surface area contributed by atoms with Gasteiger partial charge in [-0.15, -0.1) is 0 Å². The summed E-state index contributed by atoms with van der Waals surface area (Å²) in [5.74, 6) is 0.251. The maximum absolute atomic E-state index is 11.5. The summed E-state index contributed by atoms with van der Waals surface area (Å²) >= 11 is 0. The molecule has 0 bridgehead atoms. The van der Waals surface area contributed by atoms with E-state index in [2.05, 4.69) is 4.90 Å². The van der Waals surface area contributed by atoms with Crippen LogP contribution in [0.25, 0.3) is 0 Å². The van der Waals surface area contributed by atoms with Crippen molar-refractivity contribution in [2.75, 3.05) is 46.9 Å². The molecule has 13 heavy (non-hydrogen) atoms. The number of carbonyl (C=O) groups is 1. The lowest BCUT2D eigenvalue weighted by Gasteiger charge is -2.19. The highest BCUT2D eigenvalue weighted by molar-refractivity contribution is 5.76. The minimum Gasteiger partial charge on any atom is -0.383 e. The van der Waals surface area contributed by atoms with Crippen LogP contribution in [0.4, 0.5) is 0 Å². The second-order valence-electron chi connectivity index (χ2n) is 3.43. The Hall–Kier alpha value is -0.610. The Morgan fingerprint density at radius 3 is 2.85 bits per heavy atom. The van der Waals surface area contributed by atoms with E-state index in [0.717, 1.165) is 26.2 Å². The molecule has 0 radical (unpaired) electrons. The topological polar surface area (TPSA) is 32.8 Å². The average molecular weight is 186 g/mol. The molecule has 0 aromatic heterocycles. The first kappa shape index (κ1) is 10.5. The Bertz CT molecular complexity index is 173. The van der Waals surface area contributed by atoms with Gasteiger partial charge in [0.1, 0.15) is 0 Å². The monoisotopic (exact) mass is 186 g/mol. The van der Waals surface area contributed by atoms with Crippen molar-refractivity contribution in [3.05, 3.63) is 0 Å². The number of amides is 1. The fraction of sp³-hybridized carbons (Fsp3) is 0.889. The van der Waals surface area contributed by atoms with Crippen LogP contribution in [0.15, 0.2) is 0 Å². The van der Waals surface area contributed by atoms with E-state index in [0.29, 0.717) is 13.0 Å². The number of likely N-dealkylation sites (N-methyl/N-ethyl adjacent to an activating group) is 1. The third-order valence-corrected chi connectivity index (χ3v) is 2.38. The lowest BCUT2D eigenvalue weighted by atomic mass is 10.3. The standard InChI is InChI=1S/C9H18N2O2/c1-10-4-3-9(12)11(6-5-10)7-8-13-2/h3-8H2,1-2H3. The lowest BCUT2D eigenvalue weighted by Crippen LogP contribution is -2.35. The van der Waals surface area contributed by atoms with Crippen LogP contribution in [0, 0.1) is 0 Å². The molecule has 1 saturated heterocycles. The summed E-state index contributed by atoms with van der Waals surface area (Å²) in [6.45, 7) is 4.04. The van der Waals surface area contributed by atoms with Gasteiger partial charge >= 0.3 is 0 Å². The van der Waals surface area contributed by atoms with Crippen LogP contribution in [-0.2, 0) is 9.53 Å². The summed E-state index contributed by atoms with van der Waals surface area (Å²) in [5, 5.41) is 0. The first-order valence-electron chi connectivity index (χ1n) is 4.69. The summed E-state index contributed by atoms with van der Waals surface area (Å²) in [4.78, 5) is 15.6. The van der Waals surface area contributed by atoms with Crippen LogP contribution in [-0.4, -0.2) is 62.7 Å². The molecule has 4 heteroatoms. The normalized spacial score (nSPS) is 20.5. The van der Waals surface area contributed by atoms with Gasteiger partial charge in [0.05, 0.1) is 6.61 Å². The molecule has 1 heterocycles. The average Bonchev–Trinajstić information content (AvgIpc) is 2.28. The largest absolute Gasteiger partial charge is 0.383 e. The summed E-state index contributed by atoms with van der Waals surface area (Å²) < 4.78 is 4.95. The van der Waals surface area contributed by atoms with E-state index in [1.807, 2.05) is 11.9 Å². The number of methoxy groups -OCH3 is 1. The quantitative estimate of drug-likeness (QED) is 0.612. The van der Waals surface area contributed by atoms with Crippen molar-refractivity contribution in [1.29, 1.82) is 0 Å². The second-order valence-corrected chi connectivity index (χ2v) is 3.43. The number of hydrogen-bond donors (Lipinski definition) is 0. The highest BCUT2D eigenvalue weighted by Crippen LogP contribution is 2.02. The molecule has 1 amide bonds. The van der Waals surface area contributed by atoms with Crippen molar-refractivity contribution in [1.82, 2.24) is 9.80 Å². The minimum absolute atomic E-state index is 0.251. The molecule has 0 unspecified atom stereocenters. The molecule has 1 aliphatic heterocycles. The highest BCUT2D eigenvalue weighted by Gasteiger charge is 2.17. The highest BCUT2D eigenvalue weighted by atomic mass is 16.5. The Labute approximate surface area is 79.4 Å². The predicted octanol–water partition coefficient (Wildman–Crippen LogP) is -0.203. The van der Waals surface area contributed by atoms with Crippen molar-refractivity contribution in [2.24, 2.45) is 0 Å². The van der Waals surface area contributed by atoms with E-state index < -0.39 is 0 Å². The summed E-state index contributed by atoms with van der Waals surface area (Å²) in [6, 6.07) is 0. The van der Waals surface area contributed by atoms with Gasteiger partial charge in [0.25, 0.3) is 0 Å². The number of hydrogen-bond acceptors (Lipinski definition) is 3. The fourth-order valence-corrected chi connectivity index (χ4v) is 1.41. The maximum atomic E-state index is 11.5. The van der Waals surface area contributed by atoms with Gasteiger partial charge in [-0.1, -0.05) is 0 Å². The van der Waals surface area contributed by atoms with Crippen LogP contribution in [0.2, 0.25) is 0 Å². The van der Waals surface area contributed by atoms with Crippen LogP contribution < -0.4 is 0 Å².